The normalized spacial score (nSPS) is 10.5. The van der Waals surface area contributed by atoms with Crippen LogP contribution < -0.4 is 0 Å². The summed E-state index contributed by atoms with van der Waals surface area (Å²) >= 11 is 2.17. The van der Waals surface area contributed by atoms with E-state index >= 15 is 0 Å². The highest BCUT2D eigenvalue weighted by molar-refractivity contribution is 14.1. The Morgan fingerprint density at radius 3 is 3.08 bits per heavy atom. The Kier molecular flexibility index (Phi) is 2.26. The second-order valence-corrected chi connectivity index (χ2v) is 3.54. The maximum Gasteiger partial charge on any atom is 0.181 e. The SMILES string of the molecule is C=CCn1cnc2ncnc(I)c21. The van der Waals surface area contributed by atoms with Crippen molar-refractivity contribution in [1.82, 2.24) is 19.5 Å². The first-order valence-electron chi connectivity index (χ1n) is 3.75. The van der Waals surface area contributed by atoms with Gasteiger partial charge in [0.05, 0.1) is 6.33 Å². The van der Waals surface area contributed by atoms with Gasteiger partial charge in [-0.2, -0.15) is 0 Å². The zero-order chi connectivity index (χ0) is 9.26. The number of nitrogens with zero attached hydrogens (tertiary/aromatic N) is 4. The van der Waals surface area contributed by atoms with Crippen molar-refractivity contribution in [2.24, 2.45) is 0 Å². The maximum absolute atomic E-state index is 4.16. The molecule has 0 unspecified atom stereocenters. The van der Waals surface area contributed by atoms with Crippen molar-refractivity contribution < 1.29 is 0 Å². The molecule has 2 heterocycles. The Morgan fingerprint density at radius 2 is 2.31 bits per heavy atom. The van der Waals surface area contributed by atoms with Crippen LogP contribution in [0.15, 0.2) is 25.3 Å². The molecule has 0 amide bonds. The van der Waals surface area contributed by atoms with Gasteiger partial charge in [-0.05, 0) is 22.6 Å². The van der Waals surface area contributed by atoms with Gasteiger partial charge in [-0.1, -0.05) is 6.08 Å². The lowest BCUT2D eigenvalue weighted by molar-refractivity contribution is 0.846. The number of allylic oxidation sites excluding steroid dienone is 1. The minimum Gasteiger partial charge on any atom is -0.323 e. The Balaban J connectivity index is 2.70. The number of imidazole rings is 1. The molecular weight excluding hydrogens is 279 g/mol. The van der Waals surface area contributed by atoms with Crippen LogP contribution in [0.1, 0.15) is 0 Å². The summed E-state index contributed by atoms with van der Waals surface area (Å²) in [5.74, 6) is 0. The Hall–Kier alpha value is -0.980. The molecule has 5 heteroatoms. The summed E-state index contributed by atoms with van der Waals surface area (Å²) in [5.41, 5.74) is 1.71. The van der Waals surface area contributed by atoms with Crippen LogP contribution in [0.25, 0.3) is 11.2 Å². The van der Waals surface area contributed by atoms with Crippen molar-refractivity contribution in [3.63, 3.8) is 0 Å². The van der Waals surface area contributed by atoms with E-state index in [2.05, 4.69) is 44.1 Å². The molecule has 0 aliphatic heterocycles. The third kappa shape index (κ3) is 1.43. The maximum atomic E-state index is 4.16. The molecule has 0 spiro atoms. The third-order valence-electron chi connectivity index (χ3n) is 1.69. The van der Waals surface area contributed by atoms with Crippen molar-refractivity contribution in [3.05, 3.63) is 29.0 Å². The Morgan fingerprint density at radius 1 is 1.46 bits per heavy atom. The molecule has 0 aliphatic carbocycles. The molecular formula is C8H7IN4. The summed E-state index contributed by atoms with van der Waals surface area (Å²) < 4.78 is 2.89. The lowest BCUT2D eigenvalue weighted by Gasteiger charge is -1.99. The molecule has 13 heavy (non-hydrogen) atoms. The minimum absolute atomic E-state index is 0.736. The lowest BCUT2D eigenvalue weighted by Crippen LogP contribution is -1.95. The van der Waals surface area contributed by atoms with Crippen LogP contribution in [0.2, 0.25) is 0 Å². The molecule has 0 fully saturated rings. The van der Waals surface area contributed by atoms with E-state index in [4.69, 9.17) is 0 Å². The van der Waals surface area contributed by atoms with Crippen LogP contribution in [0.3, 0.4) is 0 Å². The van der Waals surface area contributed by atoms with E-state index in [9.17, 15) is 0 Å². The van der Waals surface area contributed by atoms with Crippen molar-refractivity contribution in [2.75, 3.05) is 0 Å². The number of fused-ring (bicyclic) bond motifs is 1. The predicted molar refractivity (Wildman–Crippen MR) is 58.2 cm³/mol. The van der Waals surface area contributed by atoms with Gasteiger partial charge < -0.3 is 4.57 Å². The summed E-state index contributed by atoms with van der Waals surface area (Å²) in [4.78, 5) is 12.3. The number of hydrogen-bond acceptors (Lipinski definition) is 3. The van der Waals surface area contributed by atoms with Crippen LogP contribution in [0.5, 0.6) is 0 Å². The van der Waals surface area contributed by atoms with Gasteiger partial charge in [0.25, 0.3) is 0 Å². The molecule has 4 nitrogen and oxygen atoms in total. The van der Waals surface area contributed by atoms with E-state index in [0.717, 1.165) is 21.4 Å². The molecule has 0 N–H and O–H groups in total. The highest BCUT2D eigenvalue weighted by atomic mass is 127. The Labute approximate surface area is 88.9 Å². The van der Waals surface area contributed by atoms with Gasteiger partial charge in [0.1, 0.15) is 15.5 Å². The Bertz CT molecular complexity index is 448. The van der Waals surface area contributed by atoms with Crippen LogP contribution in [0.4, 0.5) is 0 Å². The molecule has 0 saturated heterocycles. The van der Waals surface area contributed by atoms with E-state index in [1.807, 2.05) is 10.6 Å². The first kappa shape index (κ1) is 8.61. The standard InChI is InChI=1S/C8H7IN4/c1-2-3-13-5-12-8-6(13)7(9)10-4-11-8/h2,4-5H,1,3H2. The molecule has 2 aromatic heterocycles. The molecule has 0 aliphatic rings. The highest BCUT2D eigenvalue weighted by Crippen LogP contribution is 2.14. The average Bonchev–Trinajstić information content (AvgIpc) is 2.51. The van der Waals surface area contributed by atoms with E-state index in [1.54, 1.807) is 6.33 Å². The van der Waals surface area contributed by atoms with E-state index in [-0.39, 0.29) is 0 Å². The fraction of sp³-hybridized carbons (Fsp3) is 0.125. The fourth-order valence-electron chi connectivity index (χ4n) is 1.15. The van der Waals surface area contributed by atoms with Crippen LogP contribution in [0, 0.1) is 3.70 Å². The van der Waals surface area contributed by atoms with Gasteiger partial charge in [-0.15, -0.1) is 6.58 Å². The van der Waals surface area contributed by atoms with Gasteiger partial charge in [-0.25, -0.2) is 15.0 Å². The highest BCUT2D eigenvalue weighted by Gasteiger charge is 2.06. The summed E-state index contributed by atoms with van der Waals surface area (Å²) in [6.07, 6.45) is 5.10. The summed E-state index contributed by atoms with van der Waals surface area (Å²) in [7, 11) is 0. The van der Waals surface area contributed by atoms with Gasteiger partial charge >= 0.3 is 0 Å². The first-order valence-corrected chi connectivity index (χ1v) is 4.83. The topological polar surface area (TPSA) is 43.6 Å². The number of rotatable bonds is 2. The minimum atomic E-state index is 0.736. The van der Waals surface area contributed by atoms with Crippen molar-refractivity contribution in [3.8, 4) is 0 Å². The second-order valence-electron chi connectivity index (χ2n) is 2.52. The summed E-state index contributed by atoms with van der Waals surface area (Å²) in [6, 6.07) is 0. The van der Waals surface area contributed by atoms with Gasteiger partial charge in [0.2, 0.25) is 0 Å². The zero-order valence-electron chi connectivity index (χ0n) is 6.81. The molecule has 66 valence electrons. The molecule has 2 aromatic rings. The molecule has 0 aromatic carbocycles. The largest absolute Gasteiger partial charge is 0.323 e. The quantitative estimate of drug-likeness (QED) is 0.478. The third-order valence-corrected chi connectivity index (χ3v) is 2.48. The van der Waals surface area contributed by atoms with Crippen molar-refractivity contribution >= 4 is 33.8 Å². The van der Waals surface area contributed by atoms with Gasteiger partial charge in [-0.3, -0.25) is 0 Å². The van der Waals surface area contributed by atoms with Gasteiger partial charge in [0.15, 0.2) is 5.65 Å². The first-order chi connectivity index (χ1) is 6.33. The molecule has 0 atom stereocenters. The van der Waals surface area contributed by atoms with Crippen LogP contribution >= 0.6 is 22.6 Å². The summed E-state index contributed by atoms with van der Waals surface area (Å²) in [6.45, 7) is 4.42. The van der Waals surface area contributed by atoms with Crippen LogP contribution in [-0.4, -0.2) is 19.5 Å². The van der Waals surface area contributed by atoms with Crippen molar-refractivity contribution in [2.45, 2.75) is 6.54 Å². The summed E-state index contributed by atoms with van der Waals surface area (Å²) in [5, 5.41) is 0. The van der Waals surface area contributed by atoms with Gasteiger partial charge in [0, 0.05) is 6.54 Å². The van der Waals surface area contributed by atoms with Crippen molar-refractivity contribution in [1.29, 1.82) is 0 Å². The molecule has 0 saturated carbocycles. The van der Waals surface area contributed by atoms with E-state index in [1.165, 1.54) is 6.33 Å². The van der Waals surface area contributed by atoms with E-state index in [0.29, 0.717) is 0 Å². The number of halogens is 1. The monoisotopic (exact) mass is 286 g/mol. The zero-order valence-corrected chi connectivity index (χ0v) is 8.97. The lowest BCUT2D eigenvalue weighted by atomic mass is 10.5. The van der Waals surface area contributed by atoms with E-state index < -0.39 is 0 Å². The van der Waals surface area contributed by atoms with Crippen LogP contribution in [-0.2, 0) is 6.54 Å². The fourth-order valence-corrected chi connectivity index (χ4v) is 1.83. The number of aromatic nitrogens is 4. The average molecular weight is 286 g/mol. The molecule has 2 rings (SSSR count). The predicted octanol–water partition coefficient (Wildman–Crippen LogP) is 1.62. The number of hydrogen-bond donors (Lipinski definition) is 0. The second kappa shape index (κ2) is 3.41. The molecule has 0 bridgehead atoms. The molecule has 0 radical (unpaired) electrons. The smallest absolute Gasteiger partial charge is 0.181 e.